The van der Waals surface area contributed by atoms with Gasteiger partial charge in [0.25, 0.3) is 5.91 Å². The van der Waals surface area contributed by atoms with Gasteiger partial charge in [-0.1, -0.05) is 33.8 Å². The number of guanidine groups is 1. The highest BCUT2D eigenvalue weighted by atomic mass is 16.7. The summed E-state index contributed by atoms with van der Waals surface area (Å²) in [4.78, 5) is 26.8. The molecule has 1 aromatic rings. The second-order valence-corrected chi connectivity index (χ2v) is 13.9. The van der Waals surface area contributed by atoms with Crippen LogP contribution in [-0.2, 0) is 18.9 Å². The third-order valence-corrected chi connectivity index (χ3v) is 10.1. The maximum atomic E-state index is 13.8. The monoisotopic (exact) mass is 597 g/mol. The molecule has 0 unspecified atom stereocenters. The maximum absolute atomic E-state index is 13.8. The van der Waals surface area contributed by atoms with Gasteiger partial charge in [0.2, 0.25) is 5.91 Å². The molecule has 4 aliphatic rings. The molecule has 2 amide bonds. The molecular weight excluding hydrogens is 545 g/mol. The molecule has 43 heavy (non-hydrogen) atoms. The Morgan fingerprint density at radius 2 is 1.88 bits per heavy atom. The van der Waals surface area contributed by atoms with E-state index >= 15 is 0 Å². The molecule has 0 aromatic heterocycles. The zero-order valence-corrected chi connectivity index (χ0v) is 27.3. The summed E-state index contributed by atoms with van der Waals surface area (Å²) in [6, 6.07) is 4.92. The van der Waals surface area contributed by atoms with Crippen molar-refractivity contribution in [3.63, 3.8) is 0 Å². The van der Waals surface area contributed by atoms with E-state index in [0.717, 1.165) is 24.0 Å². The first-order valence-corrected chi connectivity index (χ1v) is 15.9. The highest BCUT2D eigenvalue weighted by molar-refractivity contribution is 6.48. The van der Waals surface area contributed by atoms with Crippen LogP contribution in [0.25, 0.3) is 0 Å². The van der Waals surface area contributed by atoms with Crippen LogP contribution in [0, 0.1) is 42.4 Å². The Kier molecular flexibility index (Phi) is 10.4. The number of amides is 2. The summed E-state index contributed by atoms with van der Waals surface area (Å²) < 4.78 is 19.0. The molecule has 0 spiro atoms. The highest BCUT2D eigenvalue weighted by Gasteiger charge is 2.68. The maximum Gasteiger partial charge on any atom is 0.481 e. The largest absolute Gasteiger partial charge is 0.484 e. The highest BCUT2D eigenvalue weighted by Crippen LogP contribution is 2.65. The van der Waals surface area contributed by atoms with Gasteiger partial charge in [-0.15, -0.1) is 0 Å². The standard InChI is InChI=1S/C32H52BN5O5/c1-19(2)14-27(33-42-26-17-22-16-25(31(22,5)6)32(26,7)43-33)38-29(40)24(10-9-13-36-30(34)35-8)37-28(39)18-41-23-12-11-20(3)21(4)15-23/h11-12,15,19,22,24-27H,9-10,13-14,16-18H2,1-8H3,(H,37,39)(H,38,40)(H3,34,35,36)/t22-,24-,25-,26+,27-,32-/m0/s1. The van der Waals surface area contributed by atoms with E-state index in [1.54, 1.807) is 7.05 Å². The van der Waals surface area contributed by atoms with Crippen molar-refractivity contribution in [2.75, 3.05) is 20.2 Å². The first-order chi connectivity index (χ1) is 20.2. The number of carbonyl (C=O) groups is 2. The number of rotatable bonds is 13. The molecule has 10 nitrogen and oxygen atoms in total. The molecule has 1 heterocycles. The SMILES string of the molecule is CNC(=N)NCCC[C@H](NC(=O)COc1ccc(C)c(C)c1)C(=O)N[C@@H](CC(C)C)B1O[C@@H]2C[C@@H]3C[C@@H](C3(C)C)[C@]2(C)O1. The van der Waals surface area contributed by atoms with Crippen molar-refractivity contribution in [1.29, 1.82) is 5.41 Å². The van der Waals surface area contributed by atoms with Gasteiger partial charge in [-0.3, -0.25) is 15.0 Å². The van der Waals surface area contributed by atoms with Gasteiger partial charge in [-0.25, -0.2) is 0 Å². The van der Waals surface area contributed by atoms with Crippen LogP contribution in [0.1, 0.15) is 77.8 Å². The van der Waals surface area contributed by atoms with Gasteiger partial charge in [0.1, 0.15) is 11.8 Å². The second kappa shape index (κ2) is 13.5. The number of hydrogen-bond acceptors (Lipinski definition) is 6. The minimum absolute atomic E-state index is 0.0208. The first-order valence-electron chi connectivity index (χ1n) is 15.9. The fraction of sp³-hybridized carbons (Fsp3) is 0.719. The Labute approximate surface area is 257 Å². The molecular formula is C32H52BN5O5. The van der Waals surface area contributed by atoms with E-state index in [2.05, 4.69) is 55.9 Å². The summed E-state index contributed by atoms with van der Waals surface area (Å²) in [5.41, 5.74) is 2.09. The molecule has 1 saturated heterocycles. The predicted molar refractivity (Wildman–Crippen MR) is 169 cm³/mol. The molecule has 6 atom stereocenters. The number of hydrogen-bond donors (Lipinski definition) is 5. The van der Waals surface area contributed by atoms with Crippen molar-refractivity contribution < 1.29 is 23.6 Å². The van der Waals surface area contributed by atoms with Gasteiger partial charge in [0.05, 0.1) is 17.6 Å². The molecule has 238 valence electrons. The lowest BCUT2D eigenvalue weighted by atomic mass is 9.43. The molecule has 3 saturated carbocycles. The number of aryl methyl sites for hydroxylation is 2. The topological polar surface area (TPSA) is 134 Å². The van der Waals surface area contributed by atoms with Crippen molar-refractivity contribution in [2.45, 2.75) is 104 Å². The minimum atomic E-state index is -0.776. The quantitative estimate of drug-likeness (QED) is 0.102. The van der Waals surface area contributed by atoms with E-state index in [0.29, 0.717) is 49.3 Å². The Hall–Kier alpha value is -2.79. The Morgan fingerprint density at radius 3 is 2.53 bits per heavy atom. The average molecular weight is 598 g/mol. The number of carbonyl (C=O) groups excluding carboxylic acids is 2. The van der Waals surface area contributed by atoms with Crippen LogP contribution in [0.5, 0.6) is 5.75 Å². The van der Waals surface area contributed by atoms with Gasteiger partial charge in [-0.2, -0.15) is 0 Å². The van der Waals surface area contributed by atoms with Crippen LogP contribution in [0.3, 0.4) is 0 Å². The summed E-state index contributed by atoms with van der Waals surface area (Å²) in [6.45, 7) is 15.4. The van der Waals surface area contributed by atoms with Crippen molar-refractivity contribution in [3.05, 3.63) is 29.3 Å². The molecule has 0 radical (unpaired) electrons. The third kappa shape index (κ3) is 7.48. The zero-order valence-electron chi connectivity index (χ0n) is 27.3. The van der Waals surface area contributed by atoms with E-state index < -0.39 is 13.2 Å². The molecule has 5 N–H and O–H groups in total. The molecule has 3 aliphatic carbocycles. The van der Waals surface area contributed by atoms with Crippen LogP contribution in [0.15, 0.2) is 18.2 Å². The van der Waals surface area contributed by atoms with Crippen molar-refractivity contribution in [1.82, 2.24) is 21.3 Å². The van der Waals surface area contributed by atoms with E-state index in [1.165, 1.54) is 0 Å². The first kappa shape index (κ1) is 33.1. The molecule has 1 aliphatic heterocycles. The Bertz CT molecular complexity index is 1180. The van der Waals surface area contributed by atoms with Gasteiger partial charge in [0, 0.05) is 13.6 Å². The molecule has 4 fully saturated rings. The van der Waals surface area contributed by atoms with Crippen LogP contribution in [0.2, 0.25) is 0 Å². The van der Waals surface area contributed by atoms with Crippen molar-refractivity contribution in [3.8, 4) is 5.75 Å². The normalized spacial score (nSPS) is 26.5. The molecule has 11 heteroatoms. The van der Waals surface area contributed by atoms with Crippen LogP contribution >= 0.6 is 0 Å². The summed E-state index contributed by atoms with van der Waals surface area (Å²) in [5, 5.41) is 19.5. The fourth-order valence-corrected chi connectivity index (χ4v) is 7.17. The van der Waals surface area contributed by atoms with Crippen LogP contribution in [0.4, 0.5) is 0 Å². The lowest BCUT2D eigenvalue weighted by Crippen LogP contribution is -2.65. The van der Waals surface area contributed by atoms with Crippen molar-refractivity contribution >= 4 is 24.9 Å². The van der Waals surface area contributed by atoms with E-state index in [9.17, 15) is 9.59 Å². The van der Waals surface area contributed by atoms with Gasteiger partial charge < -0.3 is 35.3 Å². The van der Waals surface area contributed by atoms with Gasteiger partial charge in [0.15, 0.2) is 12.6 Å². The summed E-state index contributed by atoms with van der Waals surface area (Å²) in [5.74, 6) is 1.19. The summed E-state index contributed by atoms with van der Waals surface area (Å²) >= 11 is 0. The summed E-state index contributed by atoms with van der Waals surface area (Å²) in [6.07, 6.45) is 3.82. The van der Waals surface area contributed by atoms with Gasteiger partial charge in [-0.05, 0) is 99.3 Å². The third-order valence-electron chi connectivity index (χ3n) is 10.1. The van der Waals surface area contributed by atoms with E-state index in [4.69, 9.17) is 19.5 Å². The van der Waals surface area contributed by atoms with E-state index in [1.807, 2.05) is 32.0 Å². The molecule has 5 rings (SSSR count). The lowest BCUT2D eigenvalue weighted by molar-refractivity contribution is -0.199. The molecule has 2 bridgehead atoms. The zero-order chi connectivity index (χ0) is 31.5. The van der Waals surface area contributed by atoms with Crippen LogP contribution in [-0.4, -0.2) is 68.8 Å². The van der Waals surface area contributed by atoms with E-state index in [-0.39, 0.29) is 47.4 Å². The number of ether oxygens (including phenoxy) is 1. The second-order valence-electron chi connectivity index (χ2n) is 13.9. The Balaban J connectivity index is 1.42. The fourth-order valence-electron chi connectivity index (χ4n) is 7.17. The predicted octanol–water partition coefficient (Wildman–Crippen LogP) is 3.49. The Morgan fingerprint density at radius 1 is 1.14 bits per heavy atom. The minimum Gasteiger partial charge on any atom is -0.484 e. The average Bonchev–Trinajstić information content (AvgIpc) is 3.31. The van der Waals surface area contributed by atoms with Gasteiger partial charge >= 0.3 is 7.12 Å². The number of nitrogens with one attached hydrogen (secondary N) is 5. The smallest absolute Gasteiger partial charge is 0.481 e. The van der Waals surface area contributed by atoms with Crippen molar-refractivity contribution in [2.24, 2.45) is 23.2 Å². The summed E-state index contributed by atoms with van der Waals surface area (Å²) in [7, 11) is 1.13. The molecule has 1 aromatic carbocycles. The number of benzene rings is 1. The van der Waals surface area contributed by atoms with Crippen LogP contribution < -0.4 is 26.0 Å². The lowest BCUT2D eigenvalue weighted by Gasteiger charge is -2.64.